The number of benzene rings is 2. The molecule has 0 aliphatic carbocycles. The molecule has 0 fully saturated rings. The van der Waals surface area contributed by atoms with E-state index in [9.17, 15) is 4.79 Å². The molecular weight excluding hydrogens is 334 g/mol. The molecule has 0 atom stereocenters. The topological polar surface area (TPSA) is 45.2 Å². The van der Waals surface area contributed by atoms with Gasteiger partial charge in [0, 0.05) is 30.2 Å². The Kier molecular flexibility index (Phi) is 5.26. The van der Waals surface area contributed by atoms with Crippen LogP contribution < -0.4 is 10.2 Å². The summed E-state index contributed by atoms with van der Waals surface area (Å²) in [5.74, 6) is 0.697. The average Bonchev–Trinajstić information content (AvgIpc) is 2.68. The zero-order valence-corrected chi connectivity index (χ0v) is 16.2. The molecule has 0 bridgehead atoms. The molecule has 3 aromatic rings. The van der Waals surface area contributed by atoms with Crippen LogP contribution >= 0.6 is 0 Å². The second kappa shape index (κ2) is 7.62. The van der Waals surface area contributed by atoms with Crippen molar-refractivity contribution in [1.82, 2.24) is 4.98 Å². The van der Waals surface area contributed by atoms with Crippen molar-refractivity contribution in [1.29, 1.82) is 0 Å². The van der Waals surface area contributed by atoms with Crippen molar-refractivity contribution in [3.63, 3.8) is 0 Å². The fourth-order valence-electron chi connectivity index (χ4n) is 2.80. The van der Waals surface area contributed by atoms with Crippen molar-refractivity contribution in [2.75, 3.05) is 17.3 Å². The SMILES string of the molecule is CN(c1cccc(C(=O)Nc2ccc(C(C)(C)C)cc2)c1)c1ccccn1. The predicted molar refractivity (Wildman–Crippen MR) is 112 cm³/mol. The van der Waals surface area contributed by atoms with Gasteiger partial charge in [-0.3, -0.25) is 4.79 Å². The third-order valence-corrected chi connectivity index (χ3v) is 4.50. The maximum atomic E-state index is 12.7. The number of carbonyl (C=O) groups excluding carboxylic acids is 1. The normalized spacial score (nSPS) is 11.1. The van der Waals surface area contributed by atoms with E-state index in [1.165, 1.54) is 5.56 Å². The summed E-state index contributed by atoms with van der Waals surface area (Å²) in [6, 6.07) is 21.3. The predicted octanol–water partition coefficient (Wildman–Crippen LogP) is 5.40. The number of hydrogen-bond donors (Lipinski definition) is 1. The molecule has 4 heteroatoms. The van der Waals surface area contributed by atoms with Gasteiger partial charge < -0.3 is 10.2 Å². The molecule has 0 radical (unpaired) electrons. The van der Waals surface area contributed by atoms with E-state index in [0.29, 0.717) is 5.56 Å². The number of aromatic nitrogens is 1. The maximum Gasteiger partial charge on any atom is 0.255 e. The van der Waals surface area contributed by atoms with E-state index in [2.05, 4.69) is 43.2 Å². The second-order valence-corrected chi connectivity index (χ2v) is 7.58. The summed E-state index contributed by atoms with van der Waals surface area (Å²) in [5.41, 5.74) is 3.63. The number of nitrogens with zero attached hydrogens (tertiary/aromatic N) is 2. The number of rotatable bonds is 4. The third-order valence-electron chi connectivity index (χ3n) is 4.50. The van der Waals surface area contributed by atoms with Gasteiger partial charge in [0.2, 0.25) is 0 Å². The molecule has 1 N–H and O–H groups in total. The first kappa shape index (κ1) is 18.6. The highest BCUT2D eigenvalue weighted by Crippen LogP contribution is 2.25. The Morgan fingerprint density at radius 1 is 0.963 bits per heavy atom. The molecular formula is C23H25N3O. The minimum absolute atomic E-state index is 0.0902. The van der Waals surface area contributed by atoms with Gasteiger partial charge >= 0.3 is 0 Å². The molecule has 0 aliphatic rings. The molecule has 0 unspecified atom stereocenters. The molecule has 0 saturated heterocycles. The summed E-state index contributed by atoms with van der Waals surface area (Å²) >= 11 is 0. The number of carbonyl (C=O) groups is 1. The molecule has 138 valence electrons. The van der Waals surface area contributed by atoms with Crippen LogP contribution in [0.5, 0.6) is 0 Å². The Labute approximate surface area is 160 Å². The number of nitrogens with one attached hydrogen (secondary N) is 1. The summed E-state index contributed by atoms with van der Waals surface area (Å²) in [6.07, 6.45) is 1.75. The van der Waals surface area contributed by atoms with Gasteiger partial charge in [-0.25, -0.2) is 4.98 Å². The van der Waals surface area contributed by atoms with Gasteiger partial charge in [-0.1, -0.05) is 45.0 Å². The Balaban J connectivity index is 1.76. The van der Waals surface area contributed by atoms with E-state index in [1.807, 2.05) is 66.5 Å². The van der Waals surface area contributed by atoms with Crippen LogP contribution in [-0.2, 0) is 5.41 Å². The fraction of sp³-hybridized carbons (Fsp3) is 0.217. The van der Waals surface area contributed by atoms with E-state index >= 15 is 0 Å². The molecule has 27 heavy (non-hydrogen) atoms. The number of pyridine rings is 1. The lowest BCUT2D eigenvalue weighted by Gasteiger charge is -2.19. The van der Waals surface area contributed by atoms with Crippen molar-refractivity contribution >= 4 is 23.1 Å². The van der Waals surface area contributed by atoms with Crippen LogP contribution in [0.25, 0.3) is 0 Å². The van der Waals surface area contributed by atoms with E-state index < -0.39 is 0 Å². The molecule has 1 heterocycles. The van der Waals surface area contributed by atoms with Crippen LogP contribution in [0.15, 0.2) is 72.9 Å². The van der Waals surface area contributed by atoms with Crippen molar-refractivity contribution < 1.29 is 4.79 Å². The third kappa shape index (κ3) is 4.53. The summed E-state index contributed by atoms with van der Waals surface area (Å²) in [6.45, 7) is 6.51. The monoisotopic (exact) mass is 359 g/mol. The summed E-state index contributed by atoms with van der Waals surface area (Å²) in [4.78, 5) is 19.0. The lowest BCUT2D eigenvalue weighted by atomic mass is 9.87. The number of anilines is 3. The van der Waals surface area contributed by atoms with Crippen molar-refractivity contribution in [3.05, 3.63) is 84.1 Å². The fourth-order valence-corrected chi connectivity index (χ4v) is 2.80. The number of hydrogen-bond acceptors (Lipinski definition) is 3. The zero-order valence-electron chi connectivity index (χ0n) is 16.2. The van der Waals surface area contributed by atoms with Crippen LogP contribution in [0.3, 0.4) is 0 Å². The maximum absolute atomic E-state index is 12.7. The van der Waals surface area contributed by atoms with Gasteiger partial charge in [0.15, 0.2) is 0 Å². The first-order valence-corrected chi connectivity index (χ1v) is 9.01. The van der Waals surface area contributed by atoms with Crippen LogP contribution in [0.4, 0.5) is 17.2 Å². The number of amides is 1. The summed E-state index contributed by atoms with van der Waals surface area (Å²) in [7, 11) is 1.94. The molecule has 1 amide bonds. The quantitative estimate of drug-likeness (QED) is 0.678. The Morgan fingerprint density at radius 2 is 1.70 bits per heavy atom. The Hall–Kier alpha value is -3.14. The van der Waals surface area contributed by atoms with Crippen LogP contribution in [0.1, 0.15) is 36.7 Å². The van der Waals surface area contributed by atoms with Crippen molar-refractivity contribution in [2.45, 2.75) is 26.2 Å². The largest absolute Gasteiger partial charge is 0.329 e. The second-order valence-electron chi connectivity index (χ2n) is 7.58. The molecule has 3 rings (SSSR count). The standard InChI is InChI=1S/C23H25N3O/c1-23(2,3)18-11-13-19(14-12-18)25-22(27)17-8-7-9-20(16-17)26(4)21-10-5-6-15-24-21/h5-16H,1-4H3,(H,25,27). The lowest BCUT2D eigenvalue weighted by molar-refractivity contribution is 0.102. The first-order chi connectivity index (χ1) is 12.8. The molecule has 4 nitrogen and oxygen atoms in total. The van der Waals surface area contributed by atoms with E-state index in [4.69, 9.17) is 0 Å². The minimum Gasteiger partial charge on any atom is -0.329 e. The summed E-state index contributed by atoms with van der Waals surface area (Å²) < 4.78 is 0. The van der Waals surface area contributed by atoms with E-state index in [0.717, 1.165) is 17.2 Å². The van der Waals surface area contributed by atoms with Crippen LogP contribution in [0.2, 0.25) is 0 Å². The Bertz CT molecular complexity index is 912. The van der Waals surface area contributed by atoms with E-state index in [1.54, 1.807) is 6.20 Å². The highest BCUT2D eigenvalue weighted by atomic mass is 16.1. The van der Waals surface area contributed by atoms with Crippen molar-refractivity contribution in [3.8, 4) is 0 Å². The van der Waals surface area contributed by atoms with Gasteiger partial charge in [-0.2, -0.15) is 0 Å². The Morgan fingerprint density at radius 3 is 2.33 bits per heavy atom. The molecule has 0 aliphatic heterocycles. The van der Waals surface area contributed by atoms with Gasteiger partial charge in [-0.05, 0) is 53.4 Å². The van der Waals surface area contributed by atoms with Crippen molar-refractivity contribution in [2.24, 2.45) is 0 Å². The van der Waals surface area contributed by atoms with Gasteiger partial charge in [0.1, 0.15) is 5.82 Å². The van der Waals surface area contributed by atoms with E-state index in [-0.39, 0.29) is 11.3 Å². The highest BCUT2D eigenvalue weighted by Gasteiger charge is 2.14. The first-order valence-electron chi connectivity index (χ1n) is 9.01. The highest BCUT2D eigenvalue weighted by molar-refractivity contribution is 6.04. The van der Waals surface area contributed by atoms with Gasteiger partial charge in [0.25, 0.3) is 5.91 Å². The average molecular weight is 359 g/mol. The van der Waals surface area contributed by atoms with Crippen LogP contribution in [0, 0.1) is 0 Å². The minimum atomic E-state index is -0.130. The van der Waals surface area contributed by atoms with Gasteiger partial charge in [-0.15, -0.1) is 0 Å². The zero-order chi connectivity index (χ0) is 19.4. The smallest absolute Gasteiger partial charge is 0.255 e. The summed E-state index contributed by atoms with van der Waals surface area (Å²) in [5, 5.41) is 2.97. The van der Waals surface area contributed by atoms with Gasteiger partial charge in [0.05, 0.1) is 0 Å². The molecule has 0 saturated carbocycles. The molecule has 1 aromatic heterocycles. The van der Waals surface area contributed by atoms with Crippen LogP contribution in [-0.4, -0.2) is 17.9 Å². The molecule has 0 spiro atoms. The lowest BCUT2D eigenvalue weighted by Crippen LogP contribution is -2.15. The molecule has 2 aromatic carbocycles.